The highest BCUT2D eigenvalue weighted by Crippen LogP contribution is 2.15. The highest BCUT2D eigenvalue weighted by molar-refractivity contribution is 5.99. The molecule has 1 heterocycles. The molecule has 5 heteroatoms. The zero-order valence-corrected chi connectivity index (χ0v) is 12.1. The van der Waals surface area contributed by atoms with Crippen LogP contribution in [0.4, 0.5) is 10.5 Å². The number of hydrogen-bond donors (Lipinski definition) is 3. The molecule has 0 aliphatic heterocycles. The van der Waals surface area contributed by atoms with Gasteiger partial charge >= 0.3 is 6.03 Å². The molecule has 0 bridgehead atoms. The fraction of sp³-hybridized carbons (Fsp3) is 0.0588. The Kier molecular flexibility index (Phi) is 3.87. The SMILES string of the molecule is Cc1ccccc1NC(=O)NN=Cc1c[nH]c2ccccc12. The maximum Gasteiger partial charge on any atom is 0.339 e. The van der Waals surface area contributed by atoms with Crippen LogP contribution in [0.15, 0.2) is 59.8 Å². The van der Waals surface area contributed by atoms with E-state index in [2.05, 4.69) is 20.8 Å². The number of urea groups is 1. The standard InChI is InChI=1S/C17H16N4O/c1-12-6-2-4-8-15(12)20-17(22)21-19-11-13-10-18-16-9-5-3-7-14(13)16/h2-11,18H,1H3,(H2,20,21,22). The van der Waals surface area contributed by atoms with Gasteiger partial charge in [0, 0.05) is 28.4 Å². The Morgan fingerprint density at radius 3 is 2.77 bits per heavy atom. The van der Waals surface area contributed by atoms with Gasteiger partial charge in [0.25, 0.3) is 0 Å². The number of hydrogen-bond acceptors (Lipinski definition) is 2. The van der Waals surface area contributed by atoms with Gasteiger partial charge in [0.1, 0.15) is 0 Å². The molecule has 0 atom stereocenters. The molecule has 2 aromatic carbocycles. The lowest BCUT2D eigenvalue weighted by Gasteiger charge is -2.06. The van der Waals surface area contributed by atoms with Crippen LogP contribution >= 0.6 is 0 Å². The summed E-state index contributed by atoms with van der Waals surface area (Å²) in [4.78, 5) is 15.0. The molecule has 3 aromatic rings. The lowest BCUT2D eigenvalue weighted by atomic mass is 10.2. The van der Waals surface area contributed by atoms with Crippen LogP contribution in [0.5, 0.6) is 0 Å². The van der Waals surface area contributed by atoms with Gasteiger partial charge in [-0.05, 0) is 24.6 Å². The topological polar surface area (TPSA) is 69.3 Å². The fourth-order valence-corrected chi connectivity index (χ4v) is 2.22. The zero-order valence-electron chi connectivity index (χ0n) is 12.1. The van der Waals surface area contributed by atoms with Gasteiger partial charge in [0.15, 0.2) is 0 Å². The summed E-state index contributed by atoms with van der Waals surface area (Å²) in [6, 6.07) is 15.1. The van der Waals surface area contributed by atoms with Gasteiger partial charge in [0.05, 0.1) is 6.21 Å². The summed E-state index contributed by atoms with van der Waals surface area (Å²) in [5.74, 6) is 0. The number of carbonyl (C=O) groups excluding carboxylic acids is 1. The Hall–Kier alpha value is -3.08. The van der Waals surface area contributed by atoms with Crippen molar-refractivity contribution >= 4 is 28.8 Å². The van der Waals surface area contributed by atoms with E-state index in [1.54, 1.807) is 6.21 Å². The molecule has 0 spiro atoms. The molecule has 0 saturated heterocycles. The summed E-state index contributed by atoms with van der Waals surface area (Å²) >= 11 is 0. The average Bonchev–Trinajstić information content (AvgIpc) is 2.93. The number of nitrogens with zero attached hydrogens (tertiary/aromatic N) is 1. The van der Waals surface area contributed by atoms with Crippen molar-refractivity contribution in [1.29, 1.82) is 0 Å². The van der Waals surface area contributed by atoms with Crippen LogP contribution in [-0.4, -0.2) is 17.2 Å². The van der Waals surface area contributed by atoms with E-state index in [1.807, 2.05) is 61.7 Å². The molecule has 0 saturated carbocycles. The van der Waals surface area contributed by atoms with E-state index < -0.39 is 0 Å². The summed E-state index contributed by atoms with van der Waals surface area (Å²) in [5, 5.41) is 7.80. The Morgan fingerprint density at radius 1 is 1.14 bits per heavy atom. The molecule has 0 radical (unpaired) electrons. The van der Waals surface area contributed by atoms with Crippen LogP contribution in [0.3, 0.4) is 0 Å². The fourth-order valence-electron chi connectivity index (χ4n) is 2.22. The van der Waals surface area contributed by atoms with E-state index in [1.165, 1.54) is 0 Å². The van der Waals surface area contributed by atoms with Gasteiger partial charge < -0.3 is 10.3 Å². The molecule has 0 fully saturated rings. The van der Waals surface area contributed by atoms with Crippen LogP contribution in [-0.2, 0) is 0 Å². The monoisotopic (exact) mass is 292 g/mol. The summed E-state index contributed by atoms with van der Waals surface area (Å²) in [6.45, 7) is 1.94. The van der Waals surface area contributed by atoms with Gasteiger partial charge in [-0.25, -0.2) is 10.2 Å². The van der Waals surface area contributed by atoms with Crippen molar-refractivity contribution in [3.63, 3.8) is 0 Å². The van der Waals surface area contributed by atoms with Gasteiger partial charge in [0.2, 0.25) is 0 Å². The predicted molar refractivity (Wildman–Crippen MR) is 89.2 cm³/mol. The molecule has 5 nitrogen and oxygen atoms in total. The van der Waals surface area contributed by atoms with E-state index in [0.29, 0.717) is 0 Å². The Labute approximate surface area is 128 Å². The second kappa shape index (κ2) is 6.13. The number of hydrazone groups is 1. The third-order valence-electron chi connectivity index (χ3n) is 3.38. The molecule has 22 heavy (non-hydrogen) atoms. The molecule has 3 N–H and O–H groups in total. The molecule has 2 amide bonds. The number of rotatable bonds is 3. The van der Waals surface area contributed by atoms with Crippen molar-refractivity contribution in [2.75, 3.05) is 5.32 Å². The zero-order chi connectivity index (χ0) is 15.4. The van der Waals surface area contributed by atoms with Gasteiger partial charge in [-0.3, -0.25) is 0 Å². The molecule has 110 valence electrons. The van der Waals surface area contributed by atoms with Gasteiger partial charge in [-0.15, -0.1) is 0 Å². The number of carbonyl (C=O) groups is 1. The molecular weight excluding hydrogens is 276 g/mol. The van der Waals surface area contributed by atoms with Crippen molar-refractivity contribution in [3.8, 4) is 0 Å². The number of para-hydroxylation sites is 2. The van der Waals surface area contributed by atoms with Crippen molar-refractivity contribution < 1.29 is 4.79 Å². The highest BCUT2D eigenvalue weighted by Gasteiger charge is 2.03. The van der Waals surface area contributed by atoms with Gasteiger partial charge in [-0.1, -0.05) is 36.4 Å². The van der Waals surface area contributed by atoms with Crippen LogP contribution in [0.2, 0.25) is 0 Å². The van der Waals surface area contributed by atoms with E-state index in [-0.39, 0.29) is 6.03 Å². The molecule has 3 rings (SSSR count). The van der Waals surface area contributed by atoms with Crippen LogP contribution < -0.4 is 10.7 Å². The van der Waals surface area contributed by atoms with E-state index in [0.717, 1.165) is 27.7 Å². The van der Waals surface area contributed by atoms with E-state index in [4.69, 9.17) is 0 Å². The first kappa shape index (κ1) is 13.9. The van der Waals surface area contributed by atoms with Crippen LogP contribution in [0.25, 0.3) is 10.9 Å². The lowest BCUT2D eigenvalue weighted by Crippen LogP contribution is -2.24. The first-order valence-corrected chi connectivity index (χ1v) is 6.96. The number of amides is 2. The minimum absolute atomic E-state index is 0.370. The Bertz CT molecular complexity index is 835. The normalized spacial score (nSPS) is 11.0. The minimum atomic E-state index is -0.370. The first-order valence-electron chi connectivity index (χ1n) is 6.96. The number of anilines is 1. The highest BCUT2D eigenvalue weighted by atomic mass is 16.2. The average molecular weight is 292 g/mol. The van der Waals surface area contributed by atoms with E-state index >= 15 is 0 Å². The molecule has 0 aliphatic rings. The lowest BCUT2D eigenvalue weighted by molar-refractivity contribution is 0.252. The summed E-state index contributed by atoms with van der Waals surface area (Å²) in [6.07, 6.45) is 3.48. The number of aromatic amines is 1. The Balaban J connectivity index is 1.65. The van der Waals surface area contributed by atoms with Crippen molar-refractivity contribution in [2.45, 2.75) is 6.92 Å². The second-order valence-electron chi connectivity index (χ2n) is 4.93. The van der Waals surface area contributed by atoms with Gasteiger partial charge in [-0.2, -0.15) is 5.10 Å². The molecule has 1 aromatic heterocycles. The van der Waals surface area contributed by atoms with Crippen molar-refractivity contribution in [1.82, 2.24) is 10.4 Å². The van der Waals surface area contributed by atoms with Crippen molar-refractivity contribution in [3.05, 3.63) is 65.9 Å². The predicted octanol–water partition coefficient (Wildman–Crippen LogP) is 3.63. The summed E-state index contributed by atoms with van der Waals surface area (Å²) in [7, 11) is 0. The Morgan fingerprint density at radius 2 is 1.91 bits per heavy atom. The second-order valence-corrected chi connectivity index (χ2v) is 4.93. The quantitative estimate of drug-likeness (QED) is 0.500. The number of aromatic nitrogens is 1. The number of benzene rings is 2. The molecular formula is C17H16N4O. The maximum atomic E-state index is 11.8. The number of fused-ring (bicyclic) bond motifs is 1. The first-order chi connectivity index (χ1) is 10.7. The van der Waals surface area contributed by atoms with Crippen LogP contribution in [0.1, 0.15) is 11.1 Å². The third kappa shape index (κ3) is 2.98. The number of nitrogens with one attached hydrogen (secondary N) is 3. The molecule has 0 unspecified atom stereocenters. The van der Waals surface area contributed by atoms with Crippen LogP contribution in [0, 0.1) is 6.92 Å². The summed E-state index contributed by atoms with van der Waals surface area (Å²) < 4.78 is 0. The number of aryl methyl sites for hydroxylation is 1. The number of H-pyrrole nitrogens is 1. The maximum absolute atomic E-state index is 11.8. The molecule has 0 aliphatic carbocycles. The largest absolute Gasteiger partial charge is 0.361 e. The summed E-state index contributed by atoms with van der Waals surface area (Å²) in [5.41, 5.74) is 6.19. The van der Waals surface area contributed by atoms with Crippen molar-refractivity contribution in [2.24, 2.45) is 5.10 Å². The smallest absolute Gasteiger partial charge is 0.339 e. The third-order valence-corrected chi connectivity index (χ3v) is 3.38. The minimum Gasteiger partial charge on any atom is -0.361 e. The van der Waals surface area contributed by atoms with E-state index in [9.17, 15) is 4.79 Å².